The van der Waals surface area contributed by atoms with Gasteiger partial charge in [-0.15, -0.1) is 0 Å². The number of hydrogen-bond donors (Lipinski definition) is 1. The third kappa shape index (κ3) is 6.24. The van der Waals surface area contributed by atoms with Crippen LogP contribution in [0.25, 0.3) is 5.57 Å². The van der Waals surface area contributed by atoms with Gasteiger partial charge in [0.2, 0.25) is 0 Å². The number of nitrogens with zero attached hydrogens (tertiary/aromatic N) is 1. The molecule has 0 spiro atoms. The zero-order valence-corrected chi connectivity index (χ0v) is 21.7. The molecule has 1 heterocycles. The second-order valence-corrected chi connectivity index (χ2v) is 11.5. The van der Waals surface area contributed by atoms with Gasteiger partial charge in [-0.25, -0.2) is 0 Å². The van der Waals surface area contributed by atoms with Crippen LogP contribution in [0.3, 0.4) is 0 Å². The number of aliphatic carboxylic acids is 1. The zero-order valence-electron chi connectivity index (χ0n) is 21.0. The number of halogens is 1. The van der Waals surface area contributed by atoms with Crippen molar-refractivity contribution in [2.24, 2.45) is 17.8 Å². The molecule has 0 radical (unpaired) electrons. The van der Waals surface area contributed by atoms with Gasteiger partial charge < -0.3 is 9.63 Å². The first-order valence-electron chi connectivity index (χ1n) is 12.8. The molecule has 0 saturated heterocycles. The van der Waals surface area contributed by atoms with E-state index in [-0.39, 0.29) is 18.6 Å². The molecular weight excluding hydrogens is 462 g/mol. The van der Waals surface area contributed by atoms with Crippen molar-refractivity contribution in [3.05, 3.63) is 57.9 Å². The Morgan fingerprint density at radius 1 is 1.20 bits per heavy atom. The predicted molar refractivity (Wildman–Crippen MR) is 138 cm³/mol. The highest BCUT2D eigenvalue weighted by atomic mass is 35.5. The molecule has 0 bridgehead atoms. The topological polar surface area (TPSA) is 80.4 Å². The molecule has 1 unspecified atom stereocenters. The van der Waals surface area contributed by atoms with Crippen molar-refractivity contribution < 1.29 is 19.2 Å². The minimum Gasteiger partial charge on any atom is -0.481 e. The molecule has 2 saturated carbocycles. The predicted octanol–water partition coefficient (Wildman–Crippen LogP) is 7.36. The zero-order chi connectivity index (χ0) is 25.3. The van der Waals surface area contributed by atoms with Crippen LogP contribution in [0.4, 0.5) is 0 Å². The van der Waals surface area contributed by atoms with Crippen molar-refractivity contribution in [1.29, 1.82) is 0 Å². The highest BCUT2D eigenvalue weighted by Crippen LogP contribution is 2.48. The Morgan fingerprint density at radius 2 is 1.91 bits per heavy atom. The van der Waals surface area contributed by atoms with Crippen LogP contribution < -0.4 is 0 Å². The fourth-order valence-corrected chi connectivity index (χ4v) is 5.92. The summed E-state index contributed by atoms with van der Waals surface area (Å²) in [6.45, 7) is 10.4. The molecule has 188 valence electrons. The second-order valence-electron chi connectivity index (χ2n) is 11.1. The third-order valence-corrected chi connectivity index (χ3v) is 7.75. The molecule has 1 aromatic heterocycles. The number of Topliss-reactive ketones (excluding diaryl/α,β-unsaturated/α-hetero) is 1. The van der Waals surface area contributed by atoms with Crippen molar-refractivity contribution in [1.82, 2.24) is 5.16 Å². The maximum absolute atomic E-state index is 13.2. The molecule has 35 heavy (non-hydrogen) atoms. The van der Waals surface area contributed by atoms with Crippen LogP contribution in [-0.2, 0) is 16.0 Å². The summed E-state index contributed by atoms with van der Waals surface area (Å²) in [5.74, 6) is 1.74. The number of allylic oxidation sites excluding steroid dienone is 1. The summed E-state index contributed by atoms with van der Waals surface area (Å²) < 4.78 is 5.85. The normalized spacial score (nSPS) is 20.5. The maximum Gasteiger partial charge on any atom is 0.304 e. The van der Waals surface area contributed by atoms with Gasteiger partial charge in [-0.2, -0.15) is 0 Å². The molecule has 2 aliphatic carbocycles. The molecule has 2 aliphatic rings. The molecule has 1 N–H and O–H groups in total. The fraction of sp³-hybridized carbons (Fsp3) is 0.552. The van der Waals surface area contributed by atoms with E-state index in [1.54, 1.807) is 18.2 Å². The number of carbonyl (C=O) groups is 2. The van der Waals surface area contributed by atoms with E-state index in [2.05, 4.69) is 25.6 Å². The van der Waals surface area contributed by atoms with Gasteiger partial charge in [0.05, 0.1) is 12.1 Å². The summed E-state index contributed by atoms with van der Waals surface area (Å²) in [5.41, 5.74) is 3.71. The van der Waals surface area contributed by atoms with Crippen molar-refractivity contribution in [2.75, 3.05) is 0 Å². The first kappa shape index (κ1) is 25.7. The Balaban J connectivity index is 1.51. The average Bonchev–Trinajstić information content (AvgIpc) is 3.50. The van der Waals surface area contributed by atoms with Crippen molar-refractivity contribution in [3.63, 3.8) is 0 Å². The van der Waals surface area contributed by atoms with Crippen LogP contribution in [0.2, 0.25) is 5.02 Å². The SMILES string of the molecule is C=C(C(=O)CC(CC(=O)O)c1noc(CC2CC(CC(C)C)C2)c1C1CC1)c1ccc(Cl)cc1C. The Hall–Kier alpha value is -2.40. The first-order valence-corrected chi connectivity index (χ1v) is 13.2. The molecule has 0 amide bonds. The van der Waals surface area contributed by atoms with Gasteiger partial charge in [0, 0.05) is 34.9 Å². The van der Waals surface area contributed by atoms with Gasteiger partial charge in [-0.1, -0.05) is 43.3 Å². The van der Waals surface area contributed by atoms with Crippen LogP contribution in [0.5, 0.6) is 0 Å². The lowest BCUT2D eigenvalue weighted by atomic mass is 9.69. The lowest BCUT2D eigenvalue weighted by Gasteiger charge is -2.36. The van der Waals surface area contributed by atoms with Crippen LogP contribution >= 0.6 is 11.6 Å². The molecule has 1 atom stereocenters. The van der Waals surface area contributed by atoms with Crippen LogP contribution in [0.1, 0.15) is 98.8 Å². The Morgan fingerprint density at radius 3 is 2.51 bits per heavy atom. The van der Waals surface area contributed by atoms with Gasteiger partial charge in [0.25, 0.3) is 0 Å². The van der Waals surface area contributed by atoms with E-state index in [1.807, 2.05) is 6.92 Å². The van der Waals surface area contributed by atoms with Gasteiger partial charge >= 0.3 is 5.97 Å². The molecular formula is C29H36ClNO4. The Bertz CT molecular complexity index is 1110. The molecule has 2 aromatic rings. The smallest absolute Gasteiger partial charge is 0.304 e. The number of benzene rings is 1. The highest BCUT2D eigenvalue weighted by Gasteiger charge is 2.38. The minimum absolute atomic E-state index is 0.0405. The van der Waals surface area contributed by atoms with Crippen LogP contribution in [0.15, 0.2) is 29.3 Å². The van der Waals surface area contributed by atoms with E-state index in [4.69, 9.17) is 16.1 Å². The van der Waals surface area contributed by atoms with Gasteiger partial charge in [0.15, 0.2) is 5.78 Å². The summed E-state index contributed by atoms with van der Waals surface area (Å²) >= 11 is 6.06. The summed E-state index contributed by atoms with van der Waals surface area (Å²) in [7, 11) is 0. The van der Waals surface area contributed by atoms with E-state index in [9.17, 15) is 14.7 Å². The number of carboxylic acids is 1. The third-order valence-electron chi connectivity index (χ3n) is 7.52. The van der Waals surface area contributed by atoms with E-state index < -0.39 is 11.9 Å². The highest BCUT2D eigenvalue weighted by molar-refractivity contribution is 6.31. The Labute approximate surface area is 212 Å². The number of aromatic nitrogens is 1. The van der Waals surface area contributed by atoms with Gasteiger partial charge in [0.1, 0.15) is 5.76 Å². The number of carbonyl (C=O) groups excluding carboxylic acids is 1. The summed E-state index contributed by atoms with van der Waals surface area (Å²) in [6, 6.07) is 5.32. The lowest BCUT2D eigenvalue weighted by molar-refractivity contribution is -0.137. The quantitative estimate of drug-likeness (QED) is 0.310. The standard InChI is InChI=1S/C29H36ClNO4/c1-16(2)9-19-11-20(12-19)13-26-28(21-5-6-21)29(31-35-26)22(15-27(33)34)14-25(32)18(4)24-8-7-23(30)10-17(24)3/h7-8,10,16,19-22H,4-6,9,11-15H2,1-3H3,(H,33,34). The van der Waals surface area contributed by atoms with E-state index in [0.29, 0.717) is 28.1 Å². The number of aryl methyl sites for hydroxylation is 1. The van der Waals surface area contributed by atoms with Crippen molar-refractivity contribution in [3.8, 4) is 0 Å². The van der Waals surface area contributed by atoms with E-state index in [1.165, 1.54) is 19.3 Å². The average molecular weight is 498 g/mol. The number of rotatable bonds is 12. The molecule has 6 heteroatoms. The monoisotopic (exact) mass is 497 g/mol. The number of ketones is 1. The fourth-order valence-electron chi connectivity index (χ4n) is 5.70. The van der Waals surface area contributed by atoms with Gasteiger partial charge in [-0.05, 0) is 86.0 Å². The molecule has 4 rings (SSSR count). The van der Waals surface area contributed by atoms with E-state index >= 15 is 0 Å². The largest absolute Gasteiger partial charge is 0.481 e. The van der Waals surface area contributed by atoms with Crippen molar-refractivity contribution >= 4 is 28.9 Å². The number of hydrogen-bond acceptors (Lipinski definition) is 4. The first-order chi connectivity index (χ1) is 16.6. The summed E-state index contributed by atoms with van der Waals surface area (Å²) in [5, 5.41) is 14.6. The summed E-state index contributed by atoms with van der Waals surface area (Å²) in [6.07, 6.45) is 6.57. The maximum atomic E-state index is 13.2. The Kier molecular flexibility index (Phi) is 7.85. The van der Waals surface area contributed by atoms with Crippen LogP contribution in [0, 0.1) is 24.7 Å². The molecule has 0 aliphatic heterocycles. The molecule has 1 aromatic carbocycles. The lowest BCUT2D eigenvalue weighted by Crippen LogP contribution is -2.26. The summed E-state index contributed by atoms with van der Waals surface area (Å²) in [4.78, 5) is 25.0. The van der Waals surface area contributed by atoms with Crippen molar-refractivity contribution in [2.45, 2.75) is 84.0 Å². The van der Waals surface area contributed by atoms with Gasteiger partial charge in [-0.3, -0.25) is 9.59 Å². The second kappa shape index (κ2) is 10.7. The molecule has 2 fully saturated rings. The number of carboxylic acid groups (broad SMARTS) is 1. The minimum atomic E-state index is -0.946. The molecule has 5 nitrogen and oxygen atoms in total. The van der Waals surface area contributed by atoms with E-state index in [0.717, 1.165) is 53.5 Å². The van der Waals surface area contributed by atoms with Crippen LogP contribution in [-0.4, -0.2) is 22.0 Å².